The fraction of sp³-hybridized carbons (Fsp3) is 0.632. The minimum absolute atomic E-state index is 0.0332. The van der Waals surface area contributed by atoms with Gasteiger partial charge in [0.15, 0.2) is 17.3 Å². The third-order valence-corrected chi connectivity index (χ3v) is 5.37. The summed E-state index contributed by atoms with van der Waals surface area (Å²) in [6.45, 7) is 4.57. The predicted molar refractivity (Wildman–Crippen MR) is 93.0 cm³/mol. The lowest BCUT2D eigenvalue weighted by atomic mass is 9.82. The zero-order valence-corrected chi connectivity index (χ0v) is 15.2. The molecule has 1 aromatic carbocycles. The third-order valence-electron chi connectivity index (χ3n) is 5.37. The molecule has 2 aliphatic rings. The summed E-state index contributed by atoms with van der Waals surface area (Å²) in [5.74, 6) is 1.09. The van der Waals surface area contributed by atoms with E-state index in [0.29, 0.717) is 37.7 Å². The van der Waals surface area contributed by atoms with Gasteiger partial charge in [-0.2, -0.15) is 0 Å². The maximum Gasteiger partial charge on any atom is 0.174 e. The van der Waals surface area contributed by atoms with Crippen molar-refractivity contribution in [1.82, 2.24) is 4.90 Å². The Morgan fingerprint density at radius 2 is 1.96 bits per heavy atom. The van der Waals surface area contributed by atoms with Gasteiger partial charge in [-0.1, -0.05) is 13.0 Å². The van der Waals surface area contributed by atoms with Gasteiger partial charge in [0.2, 0.25) is 0 Å². The van der Waals surface area contributed by atoms with E-state index in [2.05, 4.69) is 11.8 Å². The minimum atomic E-state index is -0.550. The first-order chi connectivity index (χ1) is 12.2. The van der Waals surface area contributed by atoms with Gasteiger partial charge in [0.1, 0.15) is 6.29 Å². The Morgan fingerprint density at radius 3 is 2.56 bits per heavy atom. The lowest BCUT2D eigenvalue weighted by molar-refractivity contribution is -0.233. The third kappa shape index (κ3) is 3.38. The zero-order valence-electron chi connectivity index (χ0n) is 15.2. The number of methoxy groups -OCH3 is 2. The minimum Gasteiger partial charge on any atom is -0.493 e. The molecule has 0 saturated carbocycles. The molecule has 0 unspecified atom stereocenters. The SMILES string of the molecule is CC[C@H]1CN(CC=O)[C@H](c2ccc(OC)c(OC)c2)CC12OCCO2. The maximum atomic E-state index is 11.2. The van der Waals surface area contributed by atoms with Crippen molar-refractivity contribution >= 4 is 6.29 Å². The number of aldehydes is 1. The number of ether oxygens (including phenoxy) is 4. The highest BCUT2D eigenvalue weighted by Crippen LogP contribution is 2.46. The molecule has 0 radical (unpaired) electrons. The molecule has 2 saturated heterocycles. The van der Waals surface area contributed by atoms with Gasteiger partial charge in [0.05, 0.1) is 34.0 Å². The molecule has 25 heavy (non-hydrogen) atoms. The molecule has 2 atom stereocenters. The topological polar surface area (TPSA) is 57.2 Å². The Bertz CT molecular complexity index is 599. The van der Waals surface area contributed by atoms with Crippen molar-refractivity contribution in [2.24, 2.45) is 5.92 Å². The monoisotopic (exact) mass is 349 g/mol. The number of rotatable bonds is 6. The van der Waals surface area contributed by atoms with Crippen molar-refractivity contribution in [2.45, 2.75) is 31.6 Å². The molecule has 0 bridgehead atoms. The zero-order chi connectivity index (χ0) is 17.9. The predicted octanol–water partition coefficient (Wildman–Crippen LogP) is 2.42. The number of likely N-dealkylation sites (tertiary alicyclic amines) is 1. The lowest BCUT2D eigenvalue weighted by Crippen LogP contribution is -2.54. The number of hydrogen-bond donors (Lipinski definition) is 0. The molecule has 0 aliphatic carbocycles. The van der Waals surface area contributed by atoms with E-state index < -0.39 is 5.79 Å². The van der Waals surface area contributed by atoms with Crippen molar-refractivity contribution in [3.8, 4) is 11.5 Å². The molecule has 2 aliphatic heterocycles. The highest BCUT2D eigenvalue weighted by atomic mass is 16.7. The summed E-state index contributed by atoms with van der Waals surface area (Å²) < 4.78 is 22.9. The Labute approximate surface area is 149 Å². The van der Waals surface area contributed by atoms with Crippen LogP contribution in [0.15, 0.2) is 18.2 Å². The van der Waals surface area contributed by atoms with Crippen LogP contribution in [-0.2, 0) is 14.3 Å². The molecule has 1 aromatic rings. The van der Waals surface area contributed by atoms with Gasteiger partial charge in [-0.15, -0.1) is 0 Å². The summed E-state index contributed by atoms with van der Waals surface area (Å²) in [4.78, 5) is 13.4. The molecule has 3 rings (SSSR count). The van der Waals surface area contributed by atoms with Crippen LogP contribution in [-0.4, -0.2) is 57.5 Å². The fourth-order valence-corrected chi connectivity index (χ4v) is 4.07. The van der Waals surface area contributed by atoms with Crippen LogP contribution in [0.1, 0.15) is 31.4 Å². The van der Waals surface area contributed by atoms with Crippen LogP contribution in [0.4, 0.5) is 0 Å². The van der Waals surface area contributed by atoms with Crippen molar-refractivity contribution in [3.63, 3.8) is 0 Å². The van der Waals surface area contributed by atoms with Gasteiger partial charge in [-0.25, -0.2) is 0 Å². The van der Waals surface area contributed by atoms with E-state index in [4.69, 9.17) is 18.9 Å². The van der Waals surface area contributed by atoms with Crippen molar-refractivity contribution in [3.05, 3.63) is 23.8 Å². The van der Waals surface area contributed by atoms with Crippen LogP contribution in [0.5, 0.6) is 11.5 Å². The molecule has 2 fully saturated rings. The normalized spacial score (nSPS) is 25.9. The number of carbonyl (C=O) groups is 1. The Morgan fingerprint density at radius 1 is 1.24 bits per heavy atom. The lowest BCUT2D eigenvalue weighted by Gasteiger charge is -2.48. The summed E-state index contributed by atoms with van der Waals surface area (Å²) in [6, 6.07) is 5.95. The van der Waals surface area contributed by atoms with Crippen molar-refractivity contribution in [1.29, 1.82) is 0 Å². The number of benzene rings is 1. The van der Waals surface area contributed by atoms with Gasteiger partial charge in [0.25, 0.3) is 0 Å². The molecule has 6 heteroatoms. The van der Waals surface area contributed by atoms with Crippen LogP contribution < -0.4 is 9.47 Å². The Hall–Kier alpha value is -1.63. The first-order valence-corrected chi connectivity index (χ1v) is 8.85. The smallest absolute Gasteiger partial charge is 0.174 e. The van der Waals surface area contributed by atoms with E-state index in [-0.39, 0.29) is 12.0 Å². The van der Waals surface area contributed by atoms with Crippen LogP contribution in [0, 0.1) is 5.92 Å². The average Bonchev–Trinajstić information content (AvgIpc) is 3.11. The number of hydrogen-bond acceptors (Lipinski definition) is 6. The maximum absolute atomic E-state index is 11.2. The highest BCUT2D eigenvalue weighted by molar-refractivity contribution is 5.52. The van der Waals surface area contributed by atoms with Crippen LogP contribution >= 0.6 is 0 Å². The Balaban J connectivity index is 1.94. The summed E-state index contributed by atoms with van der Waals surface area (Å²) >= 11 is 0. The van der Waals surface area contributed by atoms with Gasteiger partial charge in [-0.3, -0.25) is 4.90 Å². The van der Waals surface area contributed by atoms with E-state index in [9.17, 15) is 4.79 Å². The second kappa shape index (κ2) is 7.72. The van der Waals surface area contributed by atoms with Gasteiger partial charge in [-0.05, 0) is 24.1 Å². The Kier molecular flexibility index (Phi) is 5.61. The van der Waals surface area contributed by atoms with E-state index in [0.717, 1.165) is 24.8 Å². The molecule has 0 aromatic heterocycles. The summed E-state index contributed by atoms with van der Waals surface area (Å²) in [5.41, 5.74) is 1.08. The first kappa shape index (κ1) is 18.2. The van der Waals surface area contributed by atoms with E-state index in [1.54, 1.807) is 14.2 Å². The van der Waals surface area contributed by atoms with Crippen LogP contribution in [0.25, 0.3) is 0 Å². The van der Waals surface area contributed by atoms with Gasteiger partial charge >= 0.3 is 0 Å². The number of piperidine rings is 1. The summed E-state index contributed by atoms with van der Waals surface area (Å²) in [6.07, 6.45) is 2.62. The number of carbonyl (C=O) groups excluding carboxylic acids is 1. The second-order valence-corrected chi connectivity index (χ2v) is 6.57. The van der Waals surface area contributed by atoms with Crippen LogP contribution in [0.2, 0.25) is 0 Å². The summed E-state index contributed by atoms with van der Waals surface area (Å²) in [5, 5.41) is 0. The molecule has 2 heterocycles. The molecule has 0 N–H and O–H groups in total. The quantitative estimate of drug-likeness (QED) is 0.735. The molecular weight excluding hydrogens is 322 g/mol. The fourth-order valence-electron chi connectivity index (χ4n) is 4.07. The summed E-state index contributed by atoms with van der Waals surface area (Å²) in [7, 11) is 3.25. The first-order valence-electron chi connectivity index (χ1n) is 8.85. The average molecular weight is 349 g/mol. The molecular formula is C19H27NO5. The van der Waals surface area contributed by atoms with Gasteiger partial charge < -0.3 is 23.7 Å². The van der Waals surface area contributed by atoms with Crippen LogP contribution in [0.3, 0.4) is 0 Å². The highest BCUT2D eigenvalue weighted by Gasteiger charge is 2.50. The standard InChI is InChI=1S/C19H27NO5/c1-4-15-13-20(7-8-21)16(12-19(15)24-9-10-25-19)14-5-6-17(22-2)18(11-14)23-3/h5-6,8,11,15-16H,4,7,9-10,12-13H2,1-3H3/t15-,16-/m0/s1. The van der Waals surface area contributed by atoms with E-state index in [1.165, 1.54) is 0 Å². The number of nitrogens with zero attached hydrogens (tertiary/aromatic N) is 1. The van der Waals surface area contributed by atoms with Crippen molar-refractivity contribution < 1.29 is 23.7 Å². The van der Waals surface area contributed by atoms with E-state index in [1.807, 2.05) is 18.2 Å². The van der Waals surface area contributed by atoms with Gasteiger partial charge in [0, 0.05) is 24.9 Å². The molecule has 1 spiro atoms. The molecule has 138 valence electrons. The largest absolute Gasteiger partial charge is 0.493 e. The van der Waals surface area contributed by atoms with Crippen molar-refractivity contribution in [2.75, 3.05) is 40.5 Å². The molecule has 6 nitrogen and oxygen atoms in total. The second-order valence-electron chi connectivity index (χ2n) is 6.57. The van der Waals surface area contributed by atoms with E-state index >= 15 is 0 Å². The molecule has 0 amide bonds.